The molecule has 2 amide bonds. The molecule has 1 aromatic heterocycles. The lowest BCUT2D eigenvalue weighted by atomic mass is 10.2. The van der Waals surface area contributed by atoms with E-state index in [-0.39, 0.29) is 12.0 Å². The van der Waals surface area contributed by atoms with Gasteiger partial charge in [0.25, 0.3) is 0 Å². The Hall–Kier alpha value is -2.90. The van der Waals surface area contributed by atoms with E-state index in [0.29, 0.717) is 5.69 Å². The maximum absolute atomic E-state index is 11.7. The number of aryl methyl sites for hydroxylation is 1. The quantitative estimate of drug-likeness (QED) is 0.714. The maximum atomic E-state index is 11.7. The summed E-state index contributed by atoms with van der Waals surface area (Å²) < 4.78 is 4.74. The molecule has 2 rings (SSSR count). The van der Waals surface area contributed by atoms with Gasteiger partial charge in [0.15, 0.2) is 0 Å². The van der Waals surface area contributed by atoms with Crippen LogP contribution < -0.4 is 15.4 Å². The fourth-order valence-electron chi connectivity index (χ4n) is 1.38. The van der Waals surface area contributed by atoms with Gasteiger partial charge in [0, 0.05) is 5.69 Å². The summed E-state index contributed by atoms with van der Waals surface area (Å²) in [6.07, 6.45) is 0. The smallest absolute Gasteiger partial charge is 0.336 e. The second-order valence-corrected chi connectivity index (χ2v) is 3.94. The minimum atomic E-state index is -0.857. The molecule has 0 bridgehead atoms. The Labute approximate surface area is 114 Å². The molecule has 20 heavy (non-hydrogen) atoms. The number of rotatable bonds is 3. The Morgan fingerprint density at radius 3 is 2.40 bits per heavy atom. The zero-order valence-electron chi connectivity index (χ0n) is 10.9. The number of aromatic nitrogens is 3. The Balaban J connectivity index is 1.95. The monoisotopic (exact) mass is 275 g/mol. The molecule has 0 spiro atoms. The van der Waals surface area contributed by atoms with Crippen LogP contribution in [0.2, 0.25) is 0 Å². The highest BCUT2D eigenvalue weighted by molar-refractivity contribution is 6.43. The first kappa shape index (κ1) is 13.5. The van der Waals surface area contributed by atoms with E-state index in [4.69, 9.17) is 4.74 Å². The second-order valence-electron chi connectivity index (χ2n) is 3.94. The molecular formula is C12H13N5O3. The fourth-order valence-corrected chi connectivity index (χ4v) is 1.38. The lowest BCUT2D eigenvalue weighted by Crippen LogP contribution is -2.29. The van der Waals surface area contributed by atoms with Crippen LogP contribution in [-0.4, -0.2) is 34.1 Å². The van der Waals surface area contributed by atoms with E-state index in [9.17, 15) is 9.59 Å². The maximum Gasteiger partial charge on any atom is 0.336 e. The van der Waals surface area contributed by atoms with Crippen molar-refractivity contribution in [3.05, 3.63) is 29.8 Å². The van der Waals surface area contributed by atoms with Gasteiger partial charge < -0.3 is 10.1 Å². The Bertz CT molecular complexity index is 620. The van der Waals surface area contributed by atoms with Crippen LogP contribution in [0.1, 0.15) is 5.56 Å². The first-order valence-electron chi connectivity index (χ1n) is 5.74. The van der Waals surface area contributed by atoms with Gasteiger partial charge in [-0.1, -0.05) is 17.7 Å². The van der Waals surface area contributed by atoms with Crippen molar-refractivity contribution in [3.63, 3.8) is 0 Å². The molecule has 3 N–H and O–H groups in total. The predicted octanol–water partition coefficient (Wildman–Crippen LogP) is 0.699. The molecule has 1 heterocycles. The van der Waals surface area contributed by atoms with Gasteiger partial charge in [-0.15, -0.1) is 5.10 Å². The van der Waals surface area contributed by atoms with Crippen LogP contribution >= 0.6 is 0 Å². The van der Waals surface area contributed by atoms with Gasteiger partial charge in [-0.05, 0) is 19.1 Å². The Morgan fingerprint density at radius 1 is 1.15 bits per heavy atom. The van der Waals surface area contributed by atoms with Crippen LogP contribution in [0.5, 0.6) is 6.01 Å². The average molecular weight is 275 g/mol. The summed E-state index contributed by atoms with van der Waals surface area (Å²) in [5.41, 5.74) is 1.59. The van der Waals surface area contributed by atoms with Crippen molar-refractivity contribution >= 4 is 23.5 Å². The fraction of sp³-hybridized carbons (Fsp3) is 0.167. The Kier molecular flexibility index (Phi) is 3.94. The van der Waals surface area contributed by atoms with Gasteiger partial charge in [0.05, 0.1) is 7.11 Å². The van der Waals surface area contributed by atoms with Crippen LogP contribution in [0, 0.1) is 6.92 Å². The molecule has 0 saturated carbocycles. The summed E-state index contributed by atoms with van der Waals surface area (Å²) in [5.74, 6) is -1.63. The lowest BCUT2D eigenvalue weighted by molar-refractivity contribution is -0.133. The summed E-state index contributed by atoms with van der Waals surface area (Å²) in [4.78, 5) is 27.1. The first-order valence-corrected chi connectivity index (χ1v) is 5.74. The number of ether oxygens (including phenoxy) is 1. The number of methoxy groups -OCH3 is 1. The SMILES string of the molecule is COc1n[nH]c(NC(=O)C(=O)Nc2ccc(C)cc2)n1. The average Bonchev–Trinajstić information content (AvgIpc) is 2.89. The number of nitrogens with one attached hydrogen (secondary N) is 3. The second kappa shape index (κ2) is 5.83. The van der Waals surface area contributed by atoms with E-state index in [1.807, 2.05) is 19.1 Å². The largest absolute Gasteiger partial charge is 0.466 e. The van der Waals surface area contributed by atoms with Crippen molar-refractivity contribution < 1.29 is 14.3 Å². The summed E-state index contributed by atoms with van der Waals surface area (Å²) in [7, 11) is 1.39. The van der Waals surface area contributed by atoms with E-state index in [1.165, 1.54) is 7.11 Å². The third kappa shape index (κ3) is 3.31. The topological polar surface area (TPSA) is 109 Å². The Morgan fingerprint density at radius 2 is 1.80 bits per heavy atom. The molecule has 0 aliphatic heterocycles. The van der Waals surface area contributed by atoms with E-state index < -0.39 is 11.8 Å². The third-order valence-electron chi connectivity index (χ3n) is 2.40. The van der Waals surface area contributed by atoms with Crippen molar-refractivity contribution in [1.29, 1.82) is 0 Å². The van der Waals surface area contributed by atoms with Crippen molar-refractivity contribution in [2.24, 2.45) is 0 Å². The normalized spacial score (nSPS) is 9.90. The number of aromatic amines is 1. The number of hydrogen-bond acceptors (Lipinski definition) is 5. The molecule has 0 unspecified atom stereocenters. The molecule has 8 nitrogen and oxygen atoms in total. The minimum Gasteiger partial charge on any atom is -0.466 e. The van der Waals surface area contributed by atoms with E-state index in [0.717, 1.165) is 5.56 Å². The molecule has 1 aromatic carbocycles. The molecule has 0 atom stereocenters. The third-order valence-corrected chi connectivity index (χ3v) is 2.40. The van der Waals surface area contributed by atoms with Gasteiger partial charge in [-0.2, -0.15) is 4.98 Å². The zero-order chi connectivity index (χ0) is 14.5. The molecular weight excluding hydrogens is 262 g/mol. The first-order chi connectivity index (χ1) is 9.58. The minimum absolute atomic E-state index is 0.0332. The molecule has 0 fully saturated rings. The molecule has 0 saturated heterocycles. The lowest BCUT2D eigenvalue weighted by Gasteiger charge is -2.04. The highest BCUT2D eigenvalue weighted by atomic mass is 16.5. The van der Waals surface area contributed by atoms with Gasteiger partial charge >= 0.3 is 17.8 Å². The van der Waals surface area contributed by atoms with Crippen molar-refractivity contribution in [2.45, 2.75) is 6.92 Å². The van der Waals surface area contributed by atoms with E-state index >= 15 is 0 Å². The van der Waals surface area contributed by atoms with Crippen molar-refractivity contribution in [3.8, 4) is 6.01 Å². The van der Waals surface area contributed by atoms with Gasteiger partial charge in [0.1, 0.15) is 0 Å². The van der Waals surface area contributed by atoms with Gasteiger partial charge in [0.2, 0.25) is 5.95 Å². The number of amides is 2. The molecule has 0 radical (unpaired) electrons. The molecule has 8 heteroatoms. The van der Waals surface area contributed by atoms with Crippen LogP contribution in [0.3, 0.4) is 0 Å². The number of H-pyrrole nitrogens is 1. The number of benzene rings is 1. The number of hydrogen-bond donors (Lipinski definition) is 3. The molecule has 104 valence electrons. The van der Waals surface area contributed by atoms with Gasteiger partial charge in [-0.3, -0.25) is 14.9 Å². The highest BCUT2D eigenvalue weighted by Gasteiger charge is 2.16. The number of nitrogens with zero attached hydrogens (tertiary/aromatic N) is 2. The predicted molar refractivity (Wildman–Crippen MR) is 71.4 cm³/mol. The number of carbonyl (C=O) groups is 2. The molecule has 2 aromatic rings. The number of carbonyl (C=O) groups excluding carboxylic acids is 2. The summed E-state index contributed by atoms with van der Waals surface area (Å²) >= 11 is 0. The van der Waals surface area contributed by atoms with E-state index in [1.54, 1.807) is 12.1 Å². The van der Waals surface area contributed by atoms with Crippen LogP contribution in [-0.2, 0) is 9.59 Å². The van der Waals surface area contributed by atoms with Crippen LogP contribution in [0.25, 0.3) is 0 Å². The number of anilines is 2. The van der Waals surface area contributed by atoms with Crippen LogP contribution in [0.4, 0.5) is 11.6 Å². The molecule has 0 aliphatic carbocycles. The van der Waals surface area contributed by atoms with Crippen molar-refractivity contribution in [1.82, 2.24) is 15.2 Å². The molecule has 0 aliphatic rings. The van der Waals surface area contributed by atoms with Crippen LogP contribution in [0.15, 0.2) is 24.3 Å². The summed E-state index contributed by atoms with van der Waals surface area (Å²) in [6, 6.07) is 7.14. The summed E-state index contributed by atoms with van der Waals surface area (Å²) in [5, 5.41) is 10.8. The van der Waals surface area contributed by atoms with Crippen molar-refractivity contribution in [2.75, 3.05) is 17.7 Å². The van der Waals surface area contributed by atoms with Gasteiger partial charge in [-0.25, -0.2) is 5.10 Å². The van der Waals surface area contributed by atoms with E-state index in [2.05, 4.69) is 25.8 Å². The summed E-state index contributed by atoms with van der Waals surface area (Å²) in [6.45, 7) is 1.93. The standard InChI is InChI=1S/C12H13N5O3/c1-7-3-5-8(6-4-7)13-9(18)10(19)14-11-15-12(20-2)17-16-11/h3-6H,1-2H3,(H,13,18)(H2,14,15,16,17,19). The zero-order valence-corrected chi connectivity index (χ0v) is 10.9. The highest BCUT2D eigenvalue weighted by Crippen LogP contribution is 2.09.